The van der Waals surface area contributed by atoms with Crippen molar-refractivity contribution in [1.82, 2.24) is 0 Å². The molecule has 1 aromatic rings. The summed E-state index contributed by atoms with van der Waals surface area (Å²) in [5, 5.41) is 0.552. The van der Waals surface area contributed by atoms with E-state index in [9.17, 15) is 4.79 Å². The Balaban J connectivity index is 2.19. The number of carbonyl (C=O) groups is 1. The Bertz CT molecular complexity index is 476. The molecule has 0 heterocycles. The van der Waals surface area contributed by atoms with E-state index < -0.39 is 0 Å². The Kier molecular flexibility index (Phi) is 5.35. The van der Waals surface area contributed by atoms with Crippen molar-refractivity contribution in [3.8, 4) is 0 Å². The van der Waals surface area contributed by atoms with E-state index in [0.717, 1.165) is 10.8 Å². The van der Waals surface area contributed by atoms with Crippen LogP contribution in [0.1, 0.15) is 49.9 Å². The fraction of sp³-hybridized carbons (Fsp3) is 0.562. The molecule has 0 bridgehead atoms. The van der Waals surface area contributed by atoms with Crippen LogP contribution >= 0.6 is 11.8 Å². The average molecular weight is 293 g/mol. The maximum atomic E-state index is 12.0. The highest BCUT2D eigenvalue weighted by molar-refractivity contribution is 8.00. The fourth-order valence-corrected chi connectivity index (χ4v) is 4.23. The SMILES string of the molecule is CCOC(=O)c1cccc(N)c1SC1CCCC(C)C1. The van der Waals surface area contributed by atoms with Crippen molar-refractivity contribution in [3.05, 3.63) is 23.8 Å². The van der Waals surface area contributed by atoms with Crippen LogP contribution in [0.2, 0.25) is 0 Å². The van der Waals surface area contributed by atoms with Gasteiger partial charge in [0.25, 0.3) is 0 Å². The van der Waals surface area contributed by atoms with Gasteiger partial charge >= 0.3 is 5.97 Å². The first-order valence-electron chi connectivity index (χ1n) is 7.34. The number of benzene rings is 1. The van der Waals surface area contributed by atoms with E-state index >= 15 is 0 Å². The summed E-state index contributed by atoms with van der Waals surface area (Å²) in [5.41, 5.74) is 7.36. The molecule has 0 aliphatic heterocycles. The number of ether oxygens (including phenoxy) is 1. The first-order chi connectivity index (χ1) is 9.61. The first kappa shape index (κ1) is 15.2. The van der Waals surface area contributed by atoms with Crippen LogP contribution in [0.15, 0.2) is 23.1 Å². The van der Waals surface area contributed by atoms with Crippen LogP contribution in [-0.2, 0) is 4.74 Å². The van der Waals surface area contributed by atoms with Crippen LogP contribution in [0.5, 0.6) is 0 Å². The fourth-order valence-electron chi connectivity index (χ4n) is 2.71. The number of hydrogen-bond acceptors (Lipinski definition) is 4. The van der Waals surface area contributed by atoms with E-state index in [1.807, 2.05) is 25.1 Å². The zero-order chi connectivity index (χ0) is 14.5. The standard InChI is InChI=1S/C16H23NO2S/c1-3-19-16(18)13-8-5-9-14(17)15(13)20-12-7-4-6-11(2)10-12/h5,8-9,11-12H,3-4,6-7,10,17H2,1-2H3. The Labute approximate surface area is 125 Å². The van der Waals surface area contributed by atoms with E-state index in [1.165, 1.54) is 25.7 Å². The molecule has 0 amide bonds. The van der Waals surface area contributed by atoms with Gasteiger partial charge in [0.05, 0.1) is 12.2 Å². The molecule has 4 heteroatoms. The predicted molar refractivity (Wildman–Crippen MR) is 84.1 cm³/mol. The topological polar surface area (TPSA) is 52.3 Å². The smallest absolute Gasteiger partial charge is 0.339 e. The summed E-state index contributed by atoms with van der Waals surface area (Å²) in [5.74, 6) is 0.489. The molecule has 3 nitrogen and oxygen atoms in total. The van der Waals surface area contributed by atoms with Crippen LogP contribution in [0.3, 0.4) is 0 Å². The van der Waals surface area contributed by atoms with Crippen LogP contribution in [0, 0.1) is 5.92 Å². The van der Waals surface area contributed by atoms with Gasteiger partial charge in [-0.1, -0.05) is 25.8 Å². The van der Waals surface area contributed by atoms with Gasteiger partial charge in [-0.3, -0.25) is 0 Å². The number of esters is 1. The van der Waals surface area contributed by atoms with Gasteiger partial charge in [-0.05, 0) is 37.8 Å². The summed E-state index contributed by atoms with van der Waals surface area (Å²) >= 11 is 1.75. The van der Waals surface area contributed by atoms with Gasteiger partial charge in [0.2, 0.25) is 0 Å². The molecular weight excluding hydrogens is 270 g/mol. The average Bonchev–Trinajstić information content (AvgIpc) is 2.41. The number of rotatable bonds is 4. The Morgan fingerprint density at radius 3 is 2.95 bits per heavy atom. The Hall–Kier alpha value is -1.16. The van der Waals surface area contributed by atoms with Crippen LogP contribution in [0.25, 0.3) is 0 Å². The van der Waals surface area contributed by atoms with Crippen LogP contribution in [-0.4, -0.2) is 17.8 Å². The third-order valence-corrected chi connectivity index (χ3v) is 5.17. The van der Waals surface area contributed by atoms with E-state index in [0.29, 0.717) is 23.1 Å². The van der Waals surface area contributed by atoms with Crippen LogP contribution < -0.4 is 5.73 Å². The van der Waals surface area contributed by atoms with Crippen LogP contribution in [0.4, 0.5) is 5.69 Å². The number of thioether (sulfide) groups is 1. The lowest BCUT2D eigenvalue weighted by molar-refractivity contribution is 0.0522. The maximum Gasteiger partial charge on any atom is 0.339 e. The lowest BCUT2D eigenvalue weighted by Crippen LogP contribution is -2.16. The molecule has 1 aromatic carbocycles. The van der Waals surface area contributed by atoms with E-state index in [4.69, 9.17) is 10.5 Å². The number of nitrogens with two attached hydrogens (primary N) is 1. The van der Waals surface area contributed by atoms with Crippen molar-refractivity contribution in [2.24, 2.45) is 5.92 Å². The molecular formula is C16H23NO2S. The lowest BCUT2D eigenvalue weighted by Gasteiger charge is -2.27. The van der Waals surface area contributed by atoms with Crippen molar-refractivity contribution in [1.29, 1.82) is 0 Å². The zero-order valence-electron chi connectivity index (χ0n) is 12.2. The molecule has 2 N–H and O–H groups in total. The van der Waals surface area contributed by atoms with Gasteiger partial charge in [-0.25, -0.2) is 4.79 Å². The van der Waals surface area contributed by atoms with E-state index in [1.54, 1.807) is 11.8 Å². The van der Waals surface area contributed by atoms with Gasteiger partial charge in [0.1, 0.15) is 0 Å². The molecule has 2 atom stereocenters. The molecule has 2 rings (SSSR count). The molecule has 1 aliphatic rings. The summed E-state index contributed by atoms with van der Waals surface area (Å²) in [6.07, 6.45) is 4.97. The van der Waals surface area contributed by atoms with Crippen molar-refractivity contribution >= 4 is 23.4 Å². The lowest BCUT2D eigenvalue weighted by atomic mass is 9.91. The second-order valence-electron chi connectivity index (χ2n) is 5.46. The minimum absolute atomic E-state index is 0.272. The summed E-state index contributed by atoms with van der Waals surface area (Å²) in [4.78, 5) is 12.9. The summed E-state index contributed by atoms with van der Waals surface area (Å²) in [6.45, 7) is 4.51. The Morgan fingerprint density at radius 1 is 1.45 bits per heavy atom. The third kappa shape index (κ3) is 3.69. The summed E-state index contributed by atoms with van der Waals surface area (Å²) in [7, 11) is 0. The molecule has 0 saturated heterocycles. The molecule has 0 spiro atoms. The highest BCUT2D eigenvalue weighted by Crippen LogP contribution is 2.40. The highest BCUT2D eigenvalue weighted by Gasteiger charge is 2.23. The van der Waals surface area contributed by atoms with Crippen molar-refractivity contribution in [2.75, 3.05) is 12.3 Å². The van der Waals surface area contributed by atoms with Crippen molar-refractivity contribution in [3.63, 3.8) is 0 Å². The molecule has 2 unspecified atom stereocenters. The van der Waals surface area contributed by atoms with Gasteiger partial charge in [-0.15, -0.1) is 11.8 Å². The largest absolute Gasteiger partial charge is 0.462 e. The zero-order valence-corrected chi connectivity index (χ0v) is 13.0. The normalized spacial score (nSPS) is 22.5. The molecule has 110 valence electrons. The monoisotopic (exact) mass is 293 g/mol. The Morgan fingerprint density at radius 2 is 2.25 bits per heavy atom. The summed E-state index contributed by atoms with van der Waals surface area (Å²) in [6, 6.07) is 5.48. The minimum Gasteiger partial charge on any atom is -0.462 e. The molecule has 0 radical (unpaired) electrons. The number of nitrogen functional groups attached to an aromatic ring is 1. The van der Waals surface area contributed by atoms with E-state index in [-0.39, 0.29) is 5.97 Å². The molecule has 20 heavy (non-hydrogen) atoms. The van der Waals surface area contributed by atoms with Gasteiger partial charge < -0.3 is 10.5 Å². The first-order valence-corrected chi connectivity index (χ1v) is 8.22. The van der Waals surface area contributed by atoms with Crippen molar-refractivity contribution < 1.29 is 9.53 Å². The van der Waals surface area contributed by atoms with Gasteiger partial charge in [0.15, 0.2) is 0 Å². The second-order valence-corrected chi connectivity index (χ2v) is 6.77. The van der Waals surface area contributed by atoms with E-state index in [2.05, 4.69) is 6.92 Å². The maximum absolute atomic E-state index is 12.0. The van der Waals surface area contributed by atoms with Gasteiger partial charge in [-0.2, -0.15) is 0 Å². The minimum atomic E-state index is -0.272. The molecule has 1 aliphatic carbocycles. The van der Waals surface area contributed by atoms with Crippen molar-refractivity contribution in [2.45, 2.75) is 49.7 Å². The predicted octanol–water partition coefficient (Wildman–Crippen LogP) is 4.12. The molecule has 1 fully saturated rings. The number of hydrogen-bond donors (Lipinski definition) is 1. The highest BCUT2D eigenvalue weighted by atomic mass is 32.2. The molecule has 0 aromatic heterocycles. The summed E-state index contributed by atoms with van der Waals surface area (Å²) < 4.78 is 5.13. The quantitative estimate of drug-likeness (QED) is 0.670. The number of anilines is 1. The van der Waals surface area contributed by atoms with Gasteiger partial charge in [0, 0.05) is 15.8 Å². The molecule has 1 saturated carbocycles. The second kappa shape index (κ2) is 7.02. The number of carbonyl (C=O) groups excluding carboxylic acids is 1. The third-order valence-electron chi connectivity index (χ3n) is 3.71.